The molecule has 0 heterocycles. The van der Waals surface area contributed by atoms with Gasteiger partial charge in [-0.25, -0.2) is 8.78 Å². The number of nitrogens with one attached hydrogen (secondary N) is 1. The van der Waals surface area contributed by atoms with Crippen LogP contribution in [0.1, 0.15) is 49.8 Å². The number of hydrogen-bond acceptors (Lipinski definition) is 2. The summed E-state index contributed by atoms with van der Waals surface area (Å²) >= 11 is 0. The van der Waals surface area contributed by atoms with E-state index in [1.807, 2.05) is 7.05 Å². The van der Waals surface area contributed by atoms with Gasteiger partial charge in [-0.3, -0.25) is 0 Å². The van der Waals surface area contributed by atoms with E-state index in [1.54, 1.807) is 0 Å². The van der Waals surface area contributed by atoms with Crippen LogP contribution in [0.4, 0.5) is 8.78 Å². The van der Waals surface area contributed by atoms with Gasteiger partial charge in [-0.05, 0) is 36.9 Å². The van der Waals surface area contributed by atoms with Crippen LogP contribution in [0.3, 0.4) is 0 Å². The summed E-state index contributed by atoms with van der Waals surface area (Å²) in [6.07, 6.45) is -0.583. The van der Waals surface area contributed by atoms with Gasteiger partial charge in [0.25, 0.3) is 6.43 Å². The van der Waals surface area contributed by atoms with E-state index in [1.165, 1.54) is 11.1 Å². The number of benzene rings is 1. The van der Waals surface area contributed by atoms with E-state index in [9.17, 15) is 8.78 Å². The van der Waals surface area contributed by atoms with E-state index in [0.717, 1.165) is 6.42 Å². The Hall–Kier alpha value is -1.00. The molecule has 20 heavy (non-hydrogen) atoms. The van der Waals surface area contributed by atoms with Gasteiger partial charge in [-0.2, -0.15) is 0 Å². The van der Waals surface area contributed by atoms with Crippen LogP contribution >= 0.6 is 0 Å². The SMILES string of the molecule is CCC(C)c1ccc(C(CCOCC(F)F)NC)cc1. The van der Waals surface area contributed by atoms with Crippen LogP contribution in [-0.4, -0.2) is 26.7 Å². The molecule has 0 aliphatic carbocycles. The second-order valence-electron chi connectivity index (χ2n) is 5.07. The third-order valence-electron chi connectivity index (χ3n) is 3.66. The van der Waals surface area contributed by atoms with E-state index in [-0.39, 0.29) is 6.04 Å². The fourth-order valence-electron chi connectivity index (χ4n) is 2.14. The number of ether oxygens (including phenoxy) is 1. The summed E-state index contributed by atoms with van der Waals surface area (Å²) in [5, 5.41) is 3.20. The van der Waals surface area contributed by atoms with E-state index < -0.39 is 13.0 Å². The lowest BCUT2D eigenvalue weighted by molar-refractivity contribution is 0.0145. The molecule has 0 bridgehead atoms. The molecule has 2 unspecified atom stereocenters. The van der Waals surface area contributed by atoms with Crippen LogP contribution in [0.5, 0.6) is 0 Å². The van der Waals surface area contributed by atoms with Crippen molar-refractivity contribution in [3.8, 4) is 0 Å². The summed E-state index contributed by atoms with van der Waals surface area (Å²) in [7, 11) is 1.88. The summed E-state index contributed by atoms with van der Waals surface area (Å²) in [6.45, 7) is 4.24. The van der Waals surface area contributed by atoms with Crippen molar-refractivity contribution in [2.24, 2.45) is 0 Å². The van der Waals surface area contributed by atoms with Crippen molar-refractivity contribution in [1.29, 1.82) is 0 Å². The molecule has 1 N–H and O–H groups in total. The Labute approximate surface area is 120 Å². The third-order valence-corrected chi connectivity index (χ3v) is 3.66. The fraction of sp³-hybridized carbons (Fsp3) is 0.625. The highest BCUT2D eigenvalue weighted by atomic mass is 19.3. The lowest BCUT2D eigenvalue weighted by Gasteiger charge is -2.18. The Morgan fingerprint density at radius 1 is 1.15 bits per heavy atom. The van der Waals surface area contributed by atoms with Gasteiger partial charge in [-0.15, -0.1) is 0 Å². The minimum absolute atomic E-state index is 0.138. The van der Waals surface area contributed by atoms with Crippen molar-refractivity contribution in [3.63, 3.8) is 0 Å². The number of hydrogen-bond donors (Lipinski definition) is 1. The van der Waals surface area contributed by atoms with Gasteiger partial charge >= 0.3 is 0 Å². The molecule has 0 radical (unpaired) electrons. The van der Waals surface area contributed by atoms with E-state index in [4.69, 9.17) is 4.74 Å². The van der Waals surface area contributed by atoms with Crippen molar-refractivity contribution in [1.82, 2.24) is 5.32 Å². The molecule has 0 fully saturated rings. The van der Waals surface area contributed by atoms with Crippen LogP contribution < -0.4 is 5.32 Å². The van der Waals surface area contributed by atoms with E-state index in [2.05, 4.69) is 43.4 Å². The maximum atomic E-state index is 12.0. The quantitative estimate of drug-likeness (QED) is 0.689. The van der Waals surface area contributed by atoms with Gasteiger partial charge < -0.3 is 10.1 Å². The zero-order valence-electron chi connectivity index (χ0n) is 12.5. The van der Waals surface area contributed by atoms with Crippen LogP contribution in [0.2, 0.25) is 0 Å². The molecule has 1 aromatic carbocycles. The minimum Gasteiger partial charge on any atom is -0.375 e. The second kappa shape index (κ2) is 9.03. The standard InChI is InChI=1S/C16H25F2NO/c1-4-12(2)13-5-7-14(8-6-13)15(19-3)9-10-20-11-16(17)18/h5-8,12,15-16,19H,4,9-11H2,1-3H3. The van der Waals surface area contributed by atoms with Gasteiger partial charge in [-0.1, -0.05) is 38.1 Å². The maximum absolute atomic E-state index is 12.0. The highest BCUT2D eigenvalue weighted by molar-refractivity contribution is 5.27. The first-order valence-electron chi connectivity index (χ1n) is 7.21. The topological polar surface area (TPSA) is 21.3 Å². The Morgan fingerprint density at radius 2 is 1.75 bits per heavy atom. The Balaban J connectivity index is 2.52. The average molecular weight is 285 g/mol. The molecular weight excluding hydrogens is 260 g/mol. The molecule has 2 atom stereocenters. The van der Waals surface area contributed by atoms with Crippen molar-refractivity contribution in [3.05, 3.63) is 35.4 Å². The summed E-state index contributed by atoms with van der Waals surface area (Å²) in [6, 6.07) is 8.64. The highest BCUT2D eigenvalue weighted by Gasteiger charge is 2.11. The van der Waals surface area contributed by atoms with Crippen LogP contribution in [0.25, 0.3) is 0 Å². The highest BCUT2D eigenvalue weighted by Crippen LogP contribution is 2.22. The number of rotatable bonds is 9. The predicted octanol–water partition coefficient (Wildman–Crippen LogP) is 4.13. The van der Waals surface area contributed by atoms with Gasteiger partial charge in [0.2, 0.25) is 0 Å². The zero-order chi connectivity index (χ0) is 15.0. The van der Waals surface area contributed by atoms with Crippen molar-refractivity contribution in [2.45, 2.75) is 45.1 Å². The lowest BCUT2D eigenvalue weighted by Crippen LogP contribution is -2.19. The Morgan fingerprint density at radius 3 is 2.25 bits per heavy atom. The van der Waals surface area contributed by atoms with Crippen molar-refractivity contribution < 1.29 is 13.5 Å². The molecule has 1 rings (SSSR count). The van der Waals surface area contributed by atoms with Crippen LogP contribution in [-0.2, 0) is 4.74 Å². The molecule has 4 heteroatoms. The normalized spacial score (nSPS) is 14.5. The summed E-state index contributed by atoms with van der Waals surface area (Å²) in [5.74, 6) is 0.562. The first kappa shape index (κ1) is 17.1. The second-order valence-corrected chi connectivity index (χ2v) is 5.07. The third kappa shape index (κ3) is 5.55. The summed E-state index contributed by atoms with van der Waals surface area (Å²) in [5.41, 5.74) is 2.50. The van der Waals surface area contributed by atoms with Crippen LogP contribution in [0.15, 0.2) is 24.3 Å². The van der Waals surface area contributed by atoms with E-state index in [0.29, 0.717) is 18.9 Å². The smallest absolute Gasteiger partial charge is 0.261 e. The predicted molar refractivity (Wildman–Crippen MR) is 78.4 cm³/mol. The minimum atomic E-state index is -2.39. The number of alkyl halides is 2. The fourth-order valence-corrected chi connectivity index (χ4v) is 2.14. The monoisotopic (exact) mass is 285 g/mol. The molecule has 0 aliphatic heterocycles. The largest absolute Gasteiger partial charge is 0.375 e. The van der Waals surface area contributed by atoms with E-state index >= 15 is 0 Å². The Kier molecular flexibility index (Phi) is 7.70. The lowest BCUT2D eigenvalue weighted by atomic mass is 9.95. The van der Waals surface area contributed by atoms with Gasteiger partial charge in [0.05, 0.1) is 0 Å². The Bertz CT molecular complexity index is 367. The molecule has 0 saturated carbocycles. The summed E-state index contributed by atoms with van der Waals surface area (Å²) in [4.78, 5) is 0. The van der Waals surface area contributed by atoms with Crippen molar-refractivity contribution in [2.75, 3.05) is 20.3 Å². The molecule has 0 spiro atoms. The van der Waals surface area contributed by atoms with Crippen LogP contribution in [0, 0.1) is 0 Å². The molecule has 0 aliphatic rings. The number of halogens is 2. The summed E-state index contributed by atoms with van der Waals surface area (Å²) < 4.78 is 28.9. The molecule has 0 amide bonds. The zero-order valence-corrected chi connectivity index (χ0v) is 12.5. The van der Waals surface area contributed by atoms with Crippen molar-refractivity contribution >= 4 is 0 Å². The molecule has 1 aromatic rings. The molecule has 0 aromatic heterocycles. The maximum Gasteiger partial charge on any atom is 0.261 e. The first-order valence-corrected chi connectivity index (χ1v) is 7.21. The molecular formula is C16H25F2NO. The van der Waals surface area contributed by atoms with Gasteiger partial charge in [0, 0.05) is 12.6 Å². The molecule has 2 nitrogen and oxygen atoms in total. The van der Waals surface area contributed by atoms with Gasteiger partial charge in [0.1, 0.15) is 6.61 Å². The molecule has 114 valence electrons. The average Bonchev–Trinajstić information content (AvgIpc) is 2.46. The van der Waals surface area contributed by atoms with Gasteiger partial charge in [0.15, 0.2) is 0 Å². The molecule has 0 saturated heterocycles. The first-order chi connectivity index (χ1) is 9.58.